The van der Waals surface area contributed by atoms with E-state index in [9.17, 15) is 4.79 Å². The molecule has 1 amide bonds. The van der Waals surface area contributed by atoms with E-state index in [-0.39, 0.29) is 11.9 Å². The lowest BCUT2D eigenvalue weighted by Crippen LogP contribution is -2.45. The van der Waals surface area contributed by atoms with Crippen molar-refractivity contribution < 1.29 is 4.79 Å². The molecule has 0 aliphatic heterocycles. The topological polar surface area (TPSA) is 55.1 Å². The molecule has 1 aromatic rings. The van der Waals surface area contributed by atoms with Crippen molar-refractivity contribution in [3.05, 3.63) is 34.3 Å². The first-order valence-electron chi connectivity index (χ1n) is 7.38. The van der Waals surface area contributed by atoms with Crippen molar-refractivity contribution in [3.8, 4) is 0 Å². The first-order chi connectivity index (χ1) is 9.60. The lowest BCUT2D eigenvalue weighted by molar-refractivity contribution is 0.0915. The van der Waals surface area contributed by atoms with Crippen molar-refractivity contribution in [2.45, 2.75) is 45.1 Å². The van der Waals surface area contributed by atoms with E-state index < -0.39 is 0 Å². The smallest absolute Gasteiger partial charge is 0.251 e. The molecular weight excluding hydrogens is 272 g/mol. The van der Waals surface area contributed by atoms with Gasteiger partial charge >= 0.3 is 0 Å². The standard InChI is InChI=1S/C16H23ClN2O/c1-11-7-13(9-14(17)8-11)16(20)19-15(10-18)12-5-3-2-4-6-12/h7-9,12,15H,2-6,10,18H2,1H3,(H,19,20). The minimum absolute atomic E-state index is 0.0714. The molecule has 1 atom stereocenters. The van der Waals surface area contributed by atoms with Gasteiger partial charge in [0.2, 0.25) is 0 Å². The number of hydrogen-bond acceptors (Lipinski definition) is 2. The minimum Gasteiger partial charge on any atom is -0.348 e. The lowest BCUT2D eigenvalue weighted by atomic mass is 9.84. The largest absolute Gasteiger partial charge is 0.348 e. The predicted octanol–water partition coefficient (Wildman–Crippen LogP) is 3.29. The van der Waals surface area contributed by atoms with E-state index in [0.29, 0.717) is 23.0 Å². The van der Waals surface area contributed by atoms with Crippen LogP contribution < -0.4 is 11.1 Å². The maximum absolute atomic E-state index is 12.3. The molecule has 1 fully saturated rings. The molecule has 110 valence electrons. The number of halogens is 1. The third-order valence-corrected chi connectivity index (χ3v) is 4.31. The van der Waals surface area contributed by atoms with Gasteiger partial charge in [-0.3, -0.25) is 4.79 Å². The molecule has 4 heteroatoms. The summed E-state index contributed by atoms with van der Waals surface area (Å²) in [7, 11) is 0. The Morgan fingerprint density at radius 2 is 2.05 bits per heavy atom. The van der Waals surface area contributed by atoms with Crippen LogP contribution in [-0.4, -0.2) is 18.5 Å². The molecule has 20 heavy (non-hydrogen) atoms. The van der Waals surface area contributed by atoms with E-state index >= 15 is 0 Å². The number of amides is 1. The number of carbonyl (C=O) groups excluding carboxylic acids is 1. The summed E-state index contributed by atoms with van der Waals surface area (Å²) in [6.45, 7) is 2.43. The summed E-state index contributed by atoms with van der Waals surface area (Å²) in [4.78, 5) is 12.3. The number of nitrogens with two attached hydrogens (primary N) is 1. The van der Waals surface area contributed by atoms with E-state index in [1.165, 1.54) is 19.3 Å². The SMILES string of the molecule is Cc1cc(Cl)cc(C(=O)NC(CN)C2CCCCC2)c1. The van der Waals surface area contributed by atoms with Crippen LogP contribution in [-0.2, 0) is 0 Å². The van der Waals surface area contributed by atoms with Crippen LogP contribution in [0.25, 0.3) is 0 Å². The number of rotatable bonds is 4. The molecule has 0 aromatic heterocycles. The van der Waals surface area contributed by atoms with Gasteiger partial charge in [0, 0.05) is 23.2 Å². The molecule has 0 bridgehead atoms. The fourth-order valence-corrected chi connectivity index (χ4v) is 3.31. The summed E-state index contributed by atoms with van der Waals surface area (Å²) < 4.78 is 0. The first kappa shape index (κ1) is 15.3. The van der Waals surface area contributed by atoms with Gasteiger partial charge in [-0.2, -0.15) is 0 Å². The van der Waals surface area contributed by atoms with Gasteiger partial charge < -0.3 is 11.1 Å². The van der Waals surface area contributed by atoms with Crippen LogP contribution in [0.15, 0.2) is 18.2 Å². The normalized spacial score (nSPS) is 17.8. The van der Waals surface area contributed by atoms with Crippen molar-refractivity contribution in [2.75, 3.05) is 6.54 Å². The van der Waals surface area contributed by atoms with Crippen LogP contribution in [0.1, 0.15) is 48.0 Å². The van der Waals surface area contributed by atoms with Crippen LogP contribution in [0, 0.1) is 12.8 Å². The third-order valence-electron chi connectivity index (χ3n) is 4.09. The molecule has 0 saturated heterocycles. The molecule has 1 saturated carbocycles. The number of benzene rings is 1. The Kier molecular flexibility index (Phi) is 5.44. The van der Waals surface area contributed by atoms with Gasteiger partial charge in [-0.1, -0.05) is 30.9 Å². The number of aryl methyl sites for hydroxylation is 1. The highest BCUT2D eigenvalue weighted by Crippen LogP contribution is 2.26. The first-order valence-corrected chi connectivity index (χ1v) is 7.76. The molecule has 2 rings (SSSR count). The monoisotopic (exact) mass is 294 g/mol. The molecule has 1 aliphatic carbocycles. The van der Waals surface area contributed by atoms with Gasteiger partial charge in [0.25, 0.3) is 5.91 Å². The highest BCUT2D eigenvalue weighted by Gasteiger charge is 2.24. The van der Waals surface area contributed by atoms with E-state index in [0.717, 1.165) is 18.4 Å². The molecule has 1 aromatic carbocycles. The van der Waals surface area contributed by atoms with Crippen LogP contribution in [0.4, 0.5) is 0 Å². The van der Waals surface area contributed by atoms with E-state index in [2.05, 4.69) is 5.32 Å². The summed E-state index contributed by atoms with van der Waals surface area (Å²) in [6.07, 6.45) is 6.11. The number of carbonyl (C=O) groups is 1. The summed E-state index contributed by atoms with van der Waals surface area (Å²) in [5, 5.41) is 3.68. The third kappa shape index (κ3) is 3.97. The molecule has 3 N–H and O–H groups in total. The average molecular weight is 295 g/mol. The molecule has 1 aliphatic rings. The van der Waals surface area contributed by atoms with Gasteiger partial charge in [-0.05, 0) is 49.4 Å². The maximum atomic E-state index is 12.3. The minimum atomic E-state index is -0.0726. The van der Waals surface area contributed by atoms with Crippen molar-refractivity contribution in [1.29, 1.82) is 0 Å². The highest BCUT2D eigenvalue weighted by atomic mass is 35.5. The zero-order valence-corrected chi connectivity index (χ0v) is 12.7. The van der Waals surface area contributed by atoms with E-state index in [1.54, 1.807) is 6.07 Å². The Labute approximate surface area is 125 Å². The van der Waals surface area contributed by atoms with Crippen LogP contribution in [0.3, 0.4) is 0 Å². The Balaban J connectivity index is 2.04. The summed E-state index contributed by atoms with van der Waals surface area (Å²) in [5.41, 5.74) is 7.45. The van der Waals surface area contributed by atoms with Gasteiger partial charge in [0.05, 0.1) is 0 Å². The van der Waals surface area contributed by atoms with Gasteiger partial charge in [-0.25, -0.2) is 0 Å². The Hall–Kier alpha value is -1.06. The lowest BCUT2D eigenvalue weighted by Gasteiger charge is -2.30. The number of nitrogens with one attached hydrogen (secondary N) is 1. The van der Waals surface area contributed by atoms with E-state index in [4.69, 9.17) is 17.3 Å². The Morgan fingerprint density at radius 1 is 1.35 bits per heavy atom. The van der Waals surface area contributed by atoms with Crippen molar-refractivity contribution >= 4 is 17.5 Å². The molecule has 0 radical (unpaired) electrons. The molecule has 0 heterocycles. The molecule has 0 spiro atoms. The second-order valence-corrected chi connectivity index (χ2v) is 6.17. The second-order valence-electron chi connectivity index (χ2n) is 5.73. The summed E-state index contributed by atoms with van der Waals surface area (Å²) in [6, 6.07) is 5.48. The fourth-order valence-electron chi connectivity index (χ4n) is 3.02. The zero-order valence-electron chi connectivity index (χ0n) is 12.0. The molecule has 3 nitrogen and oxygen atoms in total. The van der Waals surface area contributed by atoms with Crippen LogP contribution in [0.2, 0.25) is 5.02 Å². The summed E-state index contributed by atoms with van der Waals surface area (Å²) >= 11 is 6.01. The van der Waals surface area contributed by atoms with Crippen molar-refractivity contribution in [2.24, 2.45) is 11.7 Å². The van der Waals surface area contributed by atoms with Crippen LogP contribution in [0.5, 0.6) is 0 Å². The molecular formula is C16H23ClN2O. The number of hydrogen-bond donors (Lipinski definition) is 2. The fraction of sp³-hybridized carbons (Fsp3) is 0.562. The quantitative estimate of drug-likeness (QED) is 0.895. The predicted molar refractivity (Wildman–Crippen MR) is 83.1 cm³/mol. The van der Waals surface area contributed by atoms with Gasteiger partial charge in [-0.15, -0.1) is 0 Å². The maximum Gasteiger partial charge on any atom is 0.251 e. The van der Waals surface area contributed by atoms with Crippen molar-refractivity contribution in [1.82, 2.24) is 5.32 Å². The van der Waals surface area contributed by atoms with Gasteiger partial charge in [0.15, 0.2) is 0 Å². The van der Waals surface area contributed by atoms with Gasteiger partial charge in [0.1, 0.15) is 0 Å². The van der Waals surface area contributed by atoms with Crippen molar-refractivity contribution in [3.63, 3.8) is 0 Å². The second kappa shape index (κ2) is 7.09. The Bertz CT molecular complexity index is 449. The average Bonchev–Trinajstić information content (AvgIpc) is 2.44. The Morgan fingerprint density at radius 3 is 2.65 bits per heavy atom. The summed E-state index contributed by atoms with van der Waals surface area (Å²) in [5.74, 6) is 0.439. The van der Waals surface area contributed by atoms with Crippen LogP contribution >= 0.6 is 11.6 Å². The highest BCUT2D eigenvalue weighted by molar-refractivity contribution is 6.31. The van der Waals surface area contributed by atoms with E-state index in [1.807, 2.05) is 19.1 Å². The zero-order chi connectivity index (χ0) is 14.5. The molecule has 1 unspecified atom stereocenters.